The van der Waals surface area contributed by atoms with Gasteiger partial charge in [-0.05, 0) is 39.2 Å². The van der Waals surface area contributed by atoms with Crippen LogP contribution in [-0.2, 0) is 4.79 Å². The number of carbonyl (C=O) groups excluding carboxylic acids is 1. The first kappa shape index (κ1) is 13.7. The van der Waals surface area contributed by atoms with Gasteiger partial charge < -0.3 is 10.3 Å². The number of anilines is 1. The van der Waals surface area contributed by atoms with Crippen molar-refractivity contribution in [3.05, 3.63) is 11.3 Å². The SMILES string of the molecule is Cc1noc(NC(=O)CCC(C)CCN)c1C. The fourth-order valence-electron chi connectivity index (χ4n) is 1.53. The first-order valence-electron chi connectivity index (χ1n) is 5.97. The van der Waals surface area contributed by atoms with E-state index in [1.54, 1.807) is 0 Å². The van der Waals surface area contributed by atoms with Crippen LogP contribution in [0, 0.1) is 19.8 Å². The Morgan fingerprint density at radius 3 is 2.71 bits per heavy atom. The summed E-state index contributed by atoms with van der Waals surface area (Å²) in [6, 6.07) is 0. The third-order valence-electron chi connectivity index (χ3n) is 2.93. The molecule has 1 atom stereocenters. The van der Waals surface area contributed by atoms with E-state index in [0.717, 1.165) is 24.1 Å². The lowest BCUT2D eigenvalue weighted by molar-refractivity contribution is -0.116. The molecule has 3 N–H and O–H groups in total. The van der Waals surface area contributed by atoms with Crippen molar-refractivity contribution in [1.82, 2.24) is 5.16 Å². The summed E-state index contributed by atoms with van der Waals surface area (Å²) in [5.74, 6) is 0.899. The lowest BCUT2D eigenvalue weighted by Gasteiger charge is -2.08. The van der Waals surface area contributed by atoms with Gasteiger partial charge >= 0.3 is 0 Å². The Morgan fingerprint density at radius 2 is 2.18 bits per heavy atom. The highest BCUT2D eigenvalue weighted by Crippen LogP contribution is 2.18. The standard InChI is InChI=1S/C12H21N3O2/c1-8(6-7-13)4-5-11(16)14-12-9(2)10(3)15-17-12/h8H,4-7,13H2,1-3H3,(H,14,16). The molecule has 1 amide bonds. The fourth-order valence-corrected chi connectivity index (χ4v) is 1.53. The fraction of sp³-hybridized carbons (Fsp3) is 0.667. The van der Waals surface area contributed by atoms with Gasteiger partial charge in [-0.1, -0.05) is 12.1 Å². The van der Waals surface area contributed by atoms with Gasteiger partial charge in [-0.2, -0.15) is 0 Å². The maximum absolute atomic E-state index is 11.7. The highest BCUT2D eigenvalue weighted by atomic mass is 16.5. The van der Waals surface area contributed by atoms with Crippen molar-refractivity contribution < 1.29 is 9.32 Å². The minimum atomic E-state index is -0.0341. The minimum Gasteiger partial charge on any atom is -0.338 e. The molecular formula is C12H21N3O2. The Bertz CT molecular complexity index is 374. The molecule has 0 spiro atoms. The van der Waals surface area contributed by atoms with Gasteiger partial charge in [-0.3, -0.25) is 10.1 Å². The summed E-state index contributed by atoms with van der Waals surface area (Å²) in [5.41, 5.74) is 7.14. The molecule has 1 heterocycles. The number of aryl methyl sites for hydroxylation is 1. The van der Waals surface area contributed by atoms with E-state index in [9.17, 15) is 4.79 Å². The van der Waals surface area contributed by atoms with Gasteiger partial charge in [-0.25, -0.2) is 0 Å². The quantitative estimate of drug-likeness (QED) is 0.795. The molecule has 0 aliphatic heterocycles. The summed E-state index contributed by atoms with van der Waals surface area (Å²) >= 11 is 0. The van der Waals surface area contributed by atoms with E-state index in [1.165, 1.54) is 0 Å². The van der Waals surface area contributed by atoms with Crippen LogP contribution >= 0.6 is 0 Å². The maximum atomic E-state index is 11.7. The number of nitrogens with zero attached hydrogens (tertiary/aromatic N) is 1. The van der Waals surface area contributed by atoms with Gasteiger partial charge in [0.1, 0.15) is 0 Å². The van der Waals surface area contributed by atoms with Crippen LogP contribution in [-0.4, -0.2) is 17.6 Å². The lowest BCUT2D eigenvalue weighted by atomic mass is 10.0. The minimum absolute atomic E-state index is 0.0341. The molecular weight excluding hydrogens is 218 g/mol. The summed E-state index contributed by atoms with van der Waals surface area (Å²) in [5, 5.41) is 6.52. The topological polar surface area (TPSA) is 81.2 Å². The number of carbonyl (C=O) groups is 1. The van der Waals surface area contributed by atoms with Crippen molar-refractivity contribution in [2.45, 2.75) is 40.0 Å². The van der Waals surface area contributed by atoms with Crippen molar-refractivity contribution in [3.63, 3.8) is 0 Å². The van der Waals surface area contributed by atoms with E-state index >= 15 is 0 Å². The predicted octanol–water partition coefficient (Wildman–Crippen LogP) is 2.00. The molecule has 17 heavy (non-hydrogen) atoms. The molecule has 0 fully saturated rings. The summed E-state index contributed by atoms with van der Waals surface area (Å²) < 4.78 is 5.02. The van der Waals surface area contributed by atoms with Crippen LogP contribution in [0.5, 0.6) is 0 Å². The third-order valence-corrected chi connectivity index (χ3v) is 2.93. The number of hydrogen-bond acceptors (Lipinski definition) is 4. The number of nitrogens with two attached hydrogens (primary N) is 1. The molecule has 0 radical (unpaired) electrons. The average Bonchev–Trinajstić information content (AvgIpc) is 2.59. The Kier molecular flexibility index (Phi) is 5.15. The molecule has 96 valence electrons. The molecule has 5 heteroatoms. The van der Waals surface area contributed by atoms with Crippen molar-refractivity contribution in [2.24, 2.45) is 11.7 Å². The second-order valence-corrected chi connectivity index (χ2v) is 4.49. The molecule has 1 aromatic heterocycles. The number of nitrogens with one attached hydrogen (secondary N) is 1. The van der Waals surface area contributed by atoms with E-state index < -0.39 is 0 Å². The van der Waals surface area contributed by atoms with E-state index in [4.69, 9.17) is 10.3 Å². The molecule has 0 bridgehead atoms. The Hall–Kier alpha value is -1.36. The summed E-state index contributed by atoms with van der Waals surface area (Å²) in [6.45, 7) is 6.49. The monoisotopic (exact) mass is 239 g/mol. The van der Waals surface area contributed by atoms with Crippen LogP contribution in [0.25, 0.3) is 0 Å². The van der Waals surface area contributed by atoms with Crippen molar-refractivity contribution in [1.29, 1.82) is 0 Å². The van der Waals surface area contributed by atoms with Crippen LogP contribution in [0.2, 0.25) is 0 Å². The molecule has 5 nitrogen and oxygen atoms in total. The Labute approximate surface area is 102 Å². The van der Waals surface area contributed by atoms with Gasteiger partial charge in [-0.15, -0.1) is 0 Å². The smallest absolute Gasteiger partial charge is 0.234 e. The number of amides is 1. The van der Waals surface area contributed by atoms with Crippen molar-refractivity contribution in [2.75, 3.05) is 11.9 Å². The third kappa shape index (κ3) is 4.19. The van der Waals surface area contributed by atoms with E-state index in [1.807, 2.05) is 13.8 Å². The van der Waals surface area contributed by atoms with E-state index in [2.05, 4.69) is 17.4 Å². The average molecular weight is 239 g/mol. The van der Waals surface area contributed by atoms with Crippen LogP contribution in [0.15, 0.2) is 4.52 Å². The first-order chi connectivity index (χ1) is 8.04. The normalized spacial score (nSPS) is 12.5. The molecule has 1 aromatic rings. The zero-order valence-electron chi connectivity index (χ0n) is 10.7. The summed E-state index contributed by atoms with van der Waals surface area (Å²) in [4.78, 5) is 11.7. The van der Waals surface area contributed by atoms with Gasteiger partial charge in [0.15, 0.2) is 0 Å². The second-order valence-electron chi connectivity index (χ2n) is 4.49. The zero-order chi connectivity index (χ0) is 12.8. The van der Waals surface area contributed by atoms with Crippen molar-refractivity contribution >= 4 is 11.8 Å². The number of rotatable bonds is 6. The van der Waals surface area contributed by atoms with Gasteiger partial charge in [0.05, 0.1) is 5.69 Å². The van der Waals surface area contributed by atoms with E-state index in [0.29, 0.717) is 24.8 Å². The van der Waals surface area contributed by atoms with Crippen LogP contribution in [0.1, 0.15) is 37.4 Å². The predicted molar refractivity (Wildman–Crippen MR) is 66.7 cm³/mol. The summed E-state index contributed by atoms with van der Waals surface area (Å²) in [7, 11) is 0. The van der Waals surface area contributed by atoms with E-state index in [-0.39, 0.29) is 5.91 Å². The van der Waals surface area contributed by atoms with Crippen LogP contribution < -0.4 is 11.1 Å². The van der Waals surface area contributed by atoms with Crippen LogP contribution in [0.3, 0.4) is 0 Å². The molecule has 0 aromatic carbocycles. The van der Waals surface area contributed by atoms with Gasteiger partial charge in [0.2, 0.25) is 11.8 Å². The molecule has 0 saturated carbocycles. The summed E-state index contributed by atoms with van der Waals surface area (Å²) in [6.07, 6.45) is 2.28. The molecule has 0 aliphatic rings. The molecule has 1 rings (SSSR count). The molecule has 1 unspecified atom stereocenters. The highest BCUT2D eigenvalue weighted by molar-refractivity contribution is 5.89. The van der Waals surface area contributed by atoms with Crippen molar-refractivity contribution in [3.8, 4) is 0 Å². The van der Waals surface area contributed by atoms with Gasteiger partial charge in [0, 0.05) is 12.0 Å². The highest BCUT2D eigenvalue weighted by Gasteiger charge is 2.12. The van der Waals surface area contributed by atoms with Crippen LogP contribution in [0.4, 0.5) is 5.88 Å². The molecule has 0 saturated heterocycles. The zero-order valence-corrected chi connectivity index (χ0v) is 10.7. The largest absolute Gasteiger partial charge is 0.338 e. The number of aromatic nitrogens is 1. The lowest BCUT2D eigenvalue weighted by Crippen LogP contribution is -2.14. The Morgan fingerprint density at radius 1 is 1.47 bits per heavy atom. The molecule has 0 aliphatic carbocycles. The second kappa shape index (κ2) is 6.39. The van der Waals surface area contributed by atoms with Gasteiger partial charge in [0.25, 0.3) is 0 Å². The first-order valence-corrected chi connectivity index (χ1v) is 5.97. The Balaban J connectivity index is 2.37. The maximum Gasteiger partial charge on any atom is 0.234 e. The number of hydrogen-bond donors (Lipinski definition) is 2.